The third kappa shape index (κ3) is 5.00. The van der Waals surface area contributed by atoms with Crippen molar-refractivity contribution in [3.63, 3.8) is 0 Å². The lowest BCUT2D eigenvalue weighted by molar-refractivity contribution is -0.114. The van der Waals surface area contributed by atoms with Crippen LogP contribution in [0.3, 0.4) is 0 Å². The number of allylic oxidation sites excluding steroid dienone is 1. The van der Waals surface area contributed by atoms with Crippen LogP contribution in [0.1, 0.15) is 23.4 Å². The highest BCUT2D eigenvalue weighted by Gasteiger charge is 2.21. The van der Waals surface area contributed by atoms with Crippen LogP contribution in [-0.2, 0) is 16.1 Å². The summed E-state index contributed by atoms with van der Waals surface area (Å²) in [6.45, 7) is 4.65. The minimum Gasteiger partial charge on any atom is -0.375 e. The summed E-state index contributed by atoms with van der Waals surface area (Å²) in [5.74, 6) is 0.145. The van der Waals surface area contributed by atoms with Crippen LogP contribution in [-0.4, -0.2) is 35.4 Å². The van der Waals surface area contributed by atoms with Gasteiger partial charge in [-0.2, -0.15) is 0 Å². The fourth-order valence-electron chi connectivity index (χ4n) is 2.79. The van der Waals surface area contributed by atoms with Crippen molar-refractivity contribution in [3.05, 3.63) is 70.1 Å². The van der Waals surface area contributed by atoms with Gasteiger partial charge in [0.1, 0.15) is 0 Å². The number of carbonyl (C=O) groups excluding carboxylic acids is 1. The molecule has 1 aliphatic rings. The van der Waals surface area contributed by atoms with Crippen molar-refractivity contribution < 1.29 is 9.53 Å². The number of nitrogens with zero attached hydrogens (tertiary/aromatic N) is 2. The summed E-state index contributed by atoms with van der Waals surface area (Å²) >= 11 is 3.48. The van der Waals surface area contributed by atoms with Gasteiger partial charge >= 0.3 is 0 Å². The second kappa shape index (κ2) is 8.41. The summed E-state index contributed by atoms with van der Waals surface area (Å²) in [6, 6.07) is 14.0. The molecule has 0 bridgehead atoms. The molecule has 0 atom stereocenters. The van der Waals surface area contributed by atoms with E-state index in [4.69, 9.17) is 4.74 Å². The largest absolute Gasteiger partial charge is 0.375 e. The number of pyridine rings is 1. The fourth-order valence-corrected chi connectivity index (χ4v) is 3.34. The molecule has 130 valence electrons. The molecule has 2 aromatic rings. The smallest absolute Gasteiger partial charge is 0.168 e. The Balaban J connectivity index is 1.60. The lowest BCUT2D eigenvalue weighted by Gasteiger charge is -2.26. The van der Waals surface area contributed by atoms with Crippen LogP contribution in [0.5, 0.6) is 0 Å². The first-order chi connectivity index (χ1) is 12.1. The van der Waals surface area contributed by atoms with E-state index in [1.54, 1.807) is 0 Å². The van der Waals surface area contributed by atoms with Gasteiger partial charge in [0, 0.05) is 35.9 Å². The van der Waals surface area contributed by atoms with Gasteiger partial charge in [0.2, 0.25) is 0 Å². The van der Waals surface area contributed by atoms with Crippen LogP contribution in [0.15, 0.2) is 53.1 Å². The maximum atomic E-state index is 12.3. The van der Waals surface area contributed by atoms with Gasteiger partial charge in [-0.3, -0.25) is 9.78 Å². The van der Waals surface area contributed by atoms with E-state index in [0.29, 0.717) is 25.2 Å². The average Bonchev–Trinajstić information content (AvgIpc) is 2.60. The molecule has 1 aromatic carbocycles. The van der Waals surface area contributed by atoms with E-state index in [1.807, 2.05) is 43.5 Å². The van der Waals surface area contributed by atoms with Crippen LogP contribution in [0.2, 0.25) is 0 Å². The van der Waals surface area contributed by atoms with Crippen molar-refractivity contribution in [1.29, 1.82) is 0 Å². The Kier molecular flexibility index (Phi) is 6.00. The third-order valence-electron chi connectivity index (χ3n) is 4.07. The molecule has 0 amide bonds. The normalized spacial score (nSPS) is 14.6. The van der Waals surface area contributed by atoms with Gasteiger partial charge < -0.3 is 9.64 Å². The highest BCUT2D eigenvalue weighted by molar-refractivity contribution is 9.10. The van der Waals surface area contributed by atoms with Crippen LogP contribution < -0.4 is 0 Å². The van der Waals surface area contributed by atoms with E-state index in [0.717, 1.165) is 29.0 Å². The van der Waals surface area contributed by atoms with Crippen LogP contribution >= 0.6 is 15.9 Å². The first kappa shape index (κ1) is 17.8. The molecule has 0 radical (unpaired) electrons. The third-order valence-corrected chi connectivity index (χ3v) is 4.52. The molecule has 0 N–H and O–H groups in total. The minimum absolute atomic E-state index is 0.145. The number of carbonyl (C=O) groups is 1. The Hall–Kier alpha value is -1.98. The predicted molar refractivity (Wildman–Crippen MR) is 102 cm³/mol. The molecule has 0 aliphatic carbocycles. The molecule has 2 heterocycles. The Bertz CT molecular complexity index is 754. The number of aryl methyl sites for hydroxylation is 1. The zero-order chi connectivity index (χ0) is 17.6. The molecule has 1 aliphatic heterocycles. The van der Waals surface area contributed by atoms with Gasteiger partial charge in [-0.15, -0.1) is 0 Å². The zero-order valence-corrected chi connectivity index (χ0v) is 15.8. The molecule has 25 heavy (non-hydrogen) atoms. The maximum absolute atomic E-state index is 12.3. The van der Waals surface area contributed by atoms with Crippen LogP contribution in [0.25, 0.3) is 5.57 Å². The second-order valence-corrected chi connectivity index (χ2v) is 7.02. The van der Waals surface area contributed by atoms with E-state index in [2.05, 4.69) is 37.9 Å². The van der Waals surface area contributed by atoms with Crippen molar-refractivity contribution in [2.45, 2.75) is 20.0 Å². The SMILES string of the molecule is Cc1cc(Br)cc(C2=CN(CCOCc3ccccc3)CCC2=O)n1. The Morgan fingerprint density at radius 3 is 2.80 bits per heavy atom. The predicted octanol–water partition coefficient (Wildman–Crippen LogP) is 3.99. The monoisotopic (exact) mass is 400 g/mol. The summed E-state index contributed by atoms with van der Waals surface area (Å²) < 4.78 is 6.69. The minimum atomic E-state index is 0.145. The molecule has 0 spiro atoms. The lowest BCUT2D eigenvalue weighted by Crippen LogP contribution is -2.30. The summed E-state index contributed by atoms with van der Waals surface area (Å²) in [6.07, 6.45) is 2.43. The summed E-state index contributed by atoms with van der Waals surface area (Å²) in [5.41, 5.74) is 3.47. The second-order valence-electron chi connectivity index (χ2n) is 6.10. The average molecular weight is 401 g/mol. The summed E-state index contributed by atoms with van der Waals surface area (Å²) in [5, 5.41) is 0. The number of ether oxygens (including phenoxy) is 1. The number of ketones is 1. The Labute approximate surface area is 156 Å². The topological polar surface area (TPSA) is 42.4 Å². The van der Waals surface area contributed by atoms with Crippen molar-refractivity contribution >= 4 is 27.3 Å². The molecular formula is C20H21BrN2O2. The molecule has 3 rings (SSSR count). The number of hydrogen-bond acceptors (Lipinski definition) is 4. The van der Waals surface area contributed by atoms with Gasteiger partial charge in [-0.1, -0.05) is 46.3 Å². The first-order valence-electron chi connectivity index (χ1n) is 8.37. The van der Waals surface area contributed by atoms with Crippen LogP contribution in [0.4, 0.5) is 0 Å². The Morgan fingerprint density at radius 2 is 2.04 bits per heavy atom. The molecular weight excluding hydrogens is 380 g/mol. The number of aromatic nitrogens is 1. The van der Waals surface area contributed by atoms with Crippen molar-refractivity contribution in [3.8, 4) is 0 Å². The highest BCUT2D eigenvalue weighted by atomic mass is 79.9. The molecule has 0 fully saturated rings. The molecule has 4 nitrogen and oxygen atoms in total. The number of benzene rings is 1. The van der Waals surface area contributed by atoms with Crippen LogP contribution in [0, 0.1) is 6.92 Å². The molecule has 0 saturated heterocycles. The van der Waals surface area contributed by atoms with E-state index < -0.39 is 0 Å². The molecule has 0 unspecified atom stereocenters. The molecule has 1 aromatic heterocycles. The van der Waals surface area contributed by atoms with Gasteiger partial charge in [0.15, 0.2) is 5.78 Å². The summed E-state index contributed by atoms with van der Waals surface area (Å²) in [7, 11) is 0. The zero-order valence-electron chi connectivity index (χ0n) is 14.2. The molecule has 5 heteroatoms. The van der Waals surface area contributed by atoms with E-state index in [1.165, 1.54) is 5.56 Å². The lowest BCUT2D eigenvalue weighted by atomic mass is 10.0. The molecule has 0 saturated carbocycles. The highest BCUT2D eigenvalue weighted by Crippen LogP contribution is 2.23. The van der Waals surface area contributed by atoms with Crippen molar-refractivity contribution in [2.75, 3.05) is 19.7 Å². The van der Waals surface area contributed by atoms with E-state index >= 15 is 0 Å². The van der Waals surface area contributed by atoms with Gasteiger partial charge in [-0.25, -0.2) is 0 Å². The van der Waals surface area contributed by atoms with E-state index in [9.17, 15) is 4.79 Å². The fraction of sp³-hybridized carbons (Fsp3) is 0.300. The van der Waals surface area contributed by atoms with Gasteiger partial charge in [0.05, 0.1) is 24.5 Å². The first-order valence-corrected chi connectivity index (χ1v) is 9.16. The van der Waals surface area contributed by atoms with Gasteiger partial charge in [-0.05, 0) is 24.6 Å². The maximum Gasteiger partial charge on any atom is 0.168 e. The summed E-state index contributed by atoms with van der Waals surface area (Å²) in [4.78, 5) is 18.9. The van der Waals surface area contributed by atoms with Crippen molar-refractivity contribution in [1.82, 2.24) is 9.88 Å². The van der Waals surface area contributed by atoms with E-state index in [-0.39, 0.29) is 5.78 Å². The standard InChI is InChI=1S/C20H21BrN2O2/c1-15-11-17(21)12-19(22-15)18-13-23(8-7-20(18)24)9-10-25-14-16-5-3-2-4-6-16/h2-6,11-13H,7-10,14H2,1H3. The quantitative estimate of drug-likeness (QED) is 0.687. The number of rotatable bonds is 6. The number of Topliss-reactive ketones (excluding diaryl/α,β-unsaturated/α-hetero) is 1. The number of hydrogen-bond donors (Lipinski definition) is 0. The van der Waals surface area contributed by atoms with Crippen molar-refractivity contribution in [2.24, 2.45) is 0 Å². The van der Waals surface area contributed by atoms with Gasteiger partial charge in [0.25, 0.3) is 0 Å². The number of halogens is 1. The Morgan fingerprint density at radius 1 is 1.24 bits per heavy atom.